The molecule has 0 heterocycles. The molecule has 0 atom stereocenters. The Morgan fingerprint density at radius 3 is 2.27 bits per heavy atom. The molecule has 5 heteroatoms. The van der Waals surface area contributed by atoms with E-state index in [1.54, 1.807) is 36.8 Å². The summed E-state index contributed by atoms with van der Waals surface area (Å²) in [4.78, 5) is 10.4. The van der Waals surface area contributed by atoms with E-state index < -0.39 is 15.7 Å². The maximum Gasteiger partial charge on any atom is 0.307 e. The summed E-state index contributed by atoms with van der Waals surface area (Å²) in [5.41, 5.74) is 1.32. The molecule has 0 saturated carbocycles. The van der Waals surface area contributed by atoms with Crippen LogP contribution in [0.1, 0.15) is 5.56 Å². The molecule has 1 aromatic carbocycles. The first-order chi connectivity index (χ1) is 6.87. The number of aliphatic carboxylic acids is 1. The van der Waals surface area contributed by atoms with Crippen molar-refractivity contribution in [2.75, 3.05) is 12.5 Å². The lowest BCUT2D eigenvalue weighted by atomic mass is 10.1. The Morgan fingerprint density at radius 2 is 1.87 bits per heavy atom. The van der Waals surface area contributed by atoms with Crippen molar-refractivity contribution in [3.8, 4) is 0 Å². The van der Waals surface area contributed by atoms with Crippen LogP contribution < -0.4 is 0 Å². The highest BCUT2D eigenvalue weighted by molar-refractivity contribution is 7.92. The second-order valence-electron chi connectivity index (χ2n) is 3.51. The summed E-state index contributed by atoms with van der Waals surface area (Å²) in [6.45, 7) is 0. The summed E-state index contributed by atoms with van der Waals surface area (Å²) < 4.78 is 15.4. The van der Waals surface area contributed by atoms with Crippen molar-refractivity contribution >= 4 is 21.4 Å². The van der Waals surface area contributed by atoms with Gasteiger partial charge in [-0.2, -0.15) is 4.36 Å². The summed E-state index contributed by atoms with van der Waals surface area (Å²) >= 11 is 0. The molecule has 0 fully saturated rings. The summed E-state index contributed by atoms with van der Waals surface area (Å²) in [5.74, 6) is -0.866. The van der Waals surface area contributed by atoms with Gasteiger partial charge in [-0.25, -0.2) is 4.21 Å². The molecule has 82 valence electrons. The fraction of sp³-hybridized carbons (Fsp3) is 0.300. The molecule has 0 aliphatic heterocycles. The first-order valence-electron chi connectivity index (χ1n) is 4.35. The van der Waals surface area contributed by atoms with E-state index in [2.05, 4.69) is 4.36 Å². The normalized spacial score (nSPS) is 11.1. The van der Waals surface area contributed by atoms with Crippen molar-refractivity contribution in [1.29, 1.82) is 0 Å². The van der Waals surface area contributed by atoms with Gasteiger partial charge in [0.05, 0.1) is 12.1 Å². The monoisotopic (exact) mass is 227 g/mol. The predicted molar refractivity (Wildman–Crippen MR) is 59.9 cm³/mol. The van der Waals surface area contributed by atoms with E-state index in [1.165, 1.54) is 0 Å². The van der Waals surface area contributed by atoms with Crippen LogP contribution in [-0.2, 0) is 20.9 Å². The van der Waals surface area contributed by atoms with Gasteiger partial charge in [0, 0.05) is 22.2 Å². The lowest BCUT2D eigenvalue weighted by molar-refractivity contribution is -0.136. The first kappa shape index (κ1) is 11.7. The second kappa shape index (κ2) is 4.44. The van der Waals surface area contributed by atoms with E-state index >= 15 is 0 Å². The Labute approximate surface area is 89.1 Å². The second-order valence-corrected chi connectivity index (χ2v) is 6.05. The molecule has 0 radical (unpaired) electrons. The number of carboxylic acids is 1. The molecule has 0 amide bonds. The first-order valence-corrected chi connectivity index (χ1v) is 6.68. The average Bonchev–Trinajstić information content (AvgIpc) is 2.05. The Bertz CT molecular complexity index is 462. The van der Waals surface area contributed by atoms with Crippen molar-refractivity contribution in [1.82, 2.24) is 0 Å². The van der Waals surface area contributed by atoms with Crippen LogP contribution in [0.3, 0.4) is 0 Å². The largest absolute Gasteiger partial charge is 0.481 e. The Kier molecular flexibility index (Phi) is 3.47. The highest BCUT2D eigenvalue weighted by Gasteiger charge is 2.00. The van der Waals surface area contributed by atoms with E-state index in [0.717, 1.165) is 0 Å². The Balaban J connectivity index is 2.91. The molecule has 0 saturated heterocycles. The number of nitrogens with zero attached hydrogens (tertiary/aromatic N) is 1. The van der Waals surface area contributed by atoms with Gasteiger partial charge in [-0.3, -0.25) is 4.79 Å². The van der Waals surface area contributed by atoms with Gasteiger partial charge >= 0.3 is 5.97 Å². The van der Waals surface area contributed by atoms with Crippen LogP contribution in [-0.4, -0.2) is 27.8 Å². The molecule has 1 rings (SSSR count). The van der Waals surface area contributed by atoms with Crippen molar-refractivity contribution < 1.29 is 14.1 Å². The van der Waals surface area contributed by atoms with Gasteiger partial charge in [0.1, 0.15) is 0 Å². The number of carbonyl (C=O) groups is 1. The SMILES string of the molecule is CS(C)(=O)=Nc1ccc(CC(=O)O)cc1. The molecule has 1 N–H and O–H groups in total. The van der Waals surface area contributed by atoms with Gasteiger partial charge in [0.25, 0.3) is 0 Å². The average molecular weight is 227 g/mol. The zero-order chi connectivity index (χ0) is 11.5. The van der Waals surface area contributed by atoms with E-state index in [0.29, 0.717) is 11.3 Å². The molecular weight excluding hydrogens is 214 g/mol. The van der Waals surface area contributed by atoms with Crippen LogP contribution in [0.2, 0.25) is 0 Å². The lowest BCUT2D eigenvalue weighted by Crippen LogP contribution is -1.99. The van der Waals surface area contributed by atoms with Crippen LogP contribution in [0.4, 0.5) is 5.69 Å². The standard InChI is InChI=1S/C10H13NO3S/c1-15(2,14)11-9-5-3-8(4-6-9)7-10(12)13/h3-6H,7H2,1-2H3,(H,12,13). The molecule has 4 nitrogen and oxygen atoms in total. The number of carboxylic acid groups (broad SMARTS) is 1. The van der Waals surface area contributed by atoms with Crippen molar-refractivity contribution in [2.24, 2.45) is 4.36 Å². The van der Waals surface area contributed by atoms with E-state index in [1.807, 2.05) is 0 Å². The smallest absolute Gasteiger partial charge is 0.307 e. The van der Waals surface area contributed by atoms with Crippen LogP contribution in [0, 0.1) is 0 Å². The number of hydrogen-bond donors (Lipinski definition) is 1. The van der Waals surface area contributed by atoms with Gasteiger partial charge in [-0.15, -0.1) is 0 Å². The van der Waals surface area contributed by atoms with Crippen LogP contribution in [0.15, 0.2) is 28.6 Å². The molecule has 15 heavy (non-hydrogen) atoms. The molecule has 0 aliphatic carbocycles. The summed E-state index contributed by atoms with van der Waals surface area (Å²) in [6, 6.07) is 6.70. The van der Waals surface area contributed by atoms with Crippen molar-refractivity contribution in [3.05, 3.63) is 29.8 Å². The Hall–Kier alpha value is -1.36. The third-order valence-electron chi connectivity index (χ3n) is 1.62. The van der Waals surface area contributed by atoms with Crippen molar-refractivity contribution in [2.45, 2.75) is 6.42 Å². The molecule has 0 spiro atoms. The van der Waals surface area contributed by atoms with E-state index in [4.69, 9.17) is 5.11 Å². The topological polar surface area (TPSA) is 66.7 Å². The number of benzene rings is 1. The van der Waals surface area contributed by atoms with Crippen LogP contribution in [0.5, 0.6) is 0 Å². The fourth-order valence-corrected chi connectivity index (χ4v) is 1.73. The molecule has 0 aromatic heterocycles. The highest BCUT2D eigenvalue weighted by atomic mass is 32.2. The minimum absolute atomic E-state index is 0.00605. The molecule has 0 unspecified atom stereocenters. The van der Waals surface area contributed by atoms with Crippen LogP contribution in [0.25, 0.3) is 0 Å². The minimum Gasteiger partial charge on any atom is -0.481 e. The highest BCUT2D eigenvalue weighted by Crippen LogP contribution is 2.15. The van der Waals surface area contributed by atoms with Crippen molar-refractivity contribution in [3.63, 3.8) is 0 Å². The maximum absolute atomic E-state index is 11.4. The van der Waals surface area contributed by atoms with Gasteiger partial charge in [0.2, 0.25) is 0 Å². The quantitative estimate of drug-likeness (QED) is 0.854. The summed E-state index contributed by atoms with van der Waals surface area (Å²) in [6.07, 6.45) is 3.10. The molecule has 1 aromatic rings. The van der Waals surface area contributed by atoms with Gasteiger partial charge in [-0.05, 0) is 17.7 Å². The number of rotatable bonds is 3. The third kappa shape index (κ3) is 4.60. The lowest BCUT2D eigenvalue weighted by Gasteiger charge is -1.99. The maximum atomic E-state index is 11.4. The van der Waals surface area contributed by atoms with Gasteiger partial charge in [0.15, 0.2) is 0 Å². The zero-order valence-electron chi connectivity index (χ0n) is 8.64. The van der Waals surface area contributed by atoms with E-state index in [-0.39, 0.29) is 6.42 Å². The summed E-state index contributed by atoms with van der Waals surface area (Å²) in [5, 5.41) is 8.55. The summed E-state index contributed by atoms with van der Waals surface area (Å²) in [7, 11) is -2.15. The minimum atomic E-state index is -2.15. The zero-order valence-corrected chi connectivity index (χ0v) is 9.45. The van der Waals surface area contributed by atoms with Crippen LogP contribution >= 0.6 is 0 Å². The fourth-order valence-electron chi connectivity index (χ4n) is 1.10. The molecular formula is C10H13NO3S. The Morgan fingerprint density at radius 1 is 1.33 bits per heavy atom. The predicted octanol–water partition coefficient (Wildman–Crippen LogP) is 1.67. The molecule has 0 bridgehead atoms. The van der Waals surface area contributed by atoms with Gasteiger partial charge < -0.3 is 5.11 Å². The van der Waals surface area contributed by atoms with Gasteiger partial charge in [-0.1, -0.05) is 12.1 Å². The third-order valence-corrected chi connectivity index (χ3v) is 2.27. The van der Waals surface area contributed by atoms with E-state index in [9.17, 15) is 9.00 Å². The number of hydrogen-bond acceptors (Lipinski definition) is 3. The molecule has 0 aliphatic rings.